The fraction of sp³-hybridized carbons (Fsp3) is 0.208. The number of benzene rings is 2. The Morgan fingerprint density at radius 1 is 1.22 bits per heavy atom. The summed E-state index contributed by atoms with van der Waals surface area (Å²) in [7, 11) is 1.57. The van der Waals surface area contributed by atoms with Gasteiger partial charge in [0.25, 0.3) is 5.56 Å². The number of hydrogen-bond donors (Lipinski definition) is 1. The summed E-state index contributed by atoms with van der Waals surface area (Å²) >= 11 is 2.61. The fourth-order valence-electron chi connectivity index (χ4n) is 4.09. The molecule has 1 atom stereocenters. The lowest BCUT2D eigenvalue weighted by molar-refractivity contribution is -0.119. The van der Waals surface area contributed by atoms with Gasteiger partial charge in [0.15, 0.2) is 5.16 Å². The number of fused-ring (bicyclic) bond motifs is 2. The molecule has 0 fully saturated rings. The molecule has 0 saturated heterocycles. The predicted molar refractivity (Wildman–Crippen MR) is 128 cm³/mol. The summed E-state index contributed by atoms with van der Waals surface area (Å²) in [5.41, 5.74) is 3.56. The van der Waals surface area contributed by atoms with E-state index >= 15 is 0 Å². The molecule has 2 aromatic carbocycles. The maximum atomic E-state index is 13.3. The molecular formula is C24H21N3O3S2. The van der Waals surface area contributed by atoms with Crippen molar-refractivity contribution in [2.75, 3.05) is 12.9 Å². The number of aromatic nitrogens is 2. The number of carbonyl (C=O) groups is 1. The van der Waals surface area contributed by atoms with Crippen molar-refractivity contribution >= 4 is 39.2 Å². The van der Waals surface area contributed by atoms with E-state index in [2.05, 4.69) is 22.4 Å². The van der Waals surface area contributed by atoms with Crippen molar-refractivity contribution in [3.63, 3.8) is 0 Å². The fourth-order valence-corrected chi connectivity index (χ4v) is 5.67. The maximum Gasteiger partial charge on any atom is 0.276 e. The first-order chi connectivity index (χ1) is 15.7. The van der Waals surface area contributed by atoms with Crippen molar-refractivity contribution in [1.82, 2.24) is 14.9 Å². The van der Waals surface area contributed by atoms with E-state index in [-0.39, 0.29) is 23.3 Å². The van der Waals surface area contributed by atoms with Crippen molar-refractivity contribution in [3.8, 4) is 11.4 Å². The molecule has 162 valence electrons. The molecule has 0 aliphatic heterocycles. The maximum absolute atomic E-state index is 13.3. The number of amides is 1. The van der Waals surface area contributed by atoms with Crippen LogP contribution >= 0.6 is 23.1 Å². The number of methoxy groups -OCH3 is 1. The number of ether oxygens (including phenoxy) is 1. The molecule has 1 aliphatic rings. The molecule has 0 radical (unpaired) electrons. The summed E-state index contributed by atoms with van der Waals surface area (Å²) in [5.74, 6) is 0.653. The van der Waals surface area contributed by atoms with E-state index in [0.717, 1.165) is 12.8 Å². The van der Waals surface area contributed by atoms with Gasteiger partial charge in [0.2, 0.25) is 5.91 Å². The molecule has 0 bridgehead atoms. The van der Waals surface area contributed by atoms with Crippen LogP contribution in [0.2, 0.25) is 0 Å². The number of aryl methyl sites for hydroxylation is 1. The van der Waals surface area contributed by atoms with Gasteiger partial charge in [0.05, 0.1) is 30.1 Å². The first-order valence-electron chi connectivity index (χ1n) is 10.3. The second-order valence-electron chi connectivity index (χ2n) is 7.49. The van der Waals surface area contributed by atoms with Crippen LogP contribution < -0.4 is 15.6 Å². The van der Waals surface area contributed by atoms with Gasteiger partial charge < -0.3 is 10.1 Å². The second-order valence-corrected chi connectivity index (χ2v) is 9.35. The Hall–Kier alpha value is -3.10. The minimum atomic E-state index is -0.165. The molecule has 4 aromatic rings. The Morgan fingerprint density at radius 3 is 2.91 bits per heavy atom. The van der Waals surface area contributed by atoms with Crippen LogP contribution in [-0.2, 0) is 11.2 Å². The lowest BCUT2D eigenvalue weighted by atomic mass is 10.1. The number of nitrogens with one attached hydrogen (secondary N) is 1. The second kappa shape index (κ2) is 8.80. The molecule has 5 rings (SSSR count). The highest BCUT2D eigenvalue weighted by atomic mass is 32.2. The zero-order valence-corrected chi connectivity index (χ0v) is 19.0. The summed E-state index contributed by atoms with van der Waals surface area (Å²) in [5, 5.41) is 5.45. The number of para-hydroxylation sites is 2. The van der Waals surface area contributed by atoms with Crippen LogP contribution in [0.3, 0.4) is 0 Å². The van der Waals surface area contributed by atoms with E-state index in [9.17, 15) is 9.59 Å². The molecule has 6 nitrogen and oxygen atoms in total. The van der Waals surface area contributed by atoms with Crippen LogP contribution in [0.4, 0.5) is 0 Å². The summed E-state index contributed by atoms with van der Waals surface area (Å²) in [6.07, 6.45) is 1.87. The Labute approximate surface area is 193 Å². The largest absolute Gasteiger partial charge is 0.495 e. The topological polar surface area (TPSA) is 73.2 Å². The predicted octanol–water partition coefficient (Wildman–Crippen LogP) is 4.35. The summed E-state index contributed by atoms with van der Waals surface area (Å²) in [4.78, 5) is 30.8. The standard InChI is InChI=1S/C24H21N3O3S2/c1-30-20-9-5-4-8-19(20)27-23(29)22-18(12-13-31-22)26-24(27)32-14-21(28)25-17-11-10-15-6-2-3-7-16(15)17/h2-9,12-13,17H,10-11,14H2,1H3,(H,25,28)/t17-/m0/s1. The molecule has 2 heterocycles. The molecule has 1 amide bonds. The minimum absolute atomic E-state index is 0.0306. The van der Waals surface area contributed by atoms with Crippen LogP contribution in [0.15, 0.2) is 69.9 Å². The van der Waals surface area contributed by atoms with E-state index in [4.69, 9.17) is 4.74 Å². The van der Waals surface area contributed by atoms with Crippen molar-refractivity contribution < 1.29 is 9.53 Å². The molecule has 32 heavy (non-hydrogen) atoms. The van der Waals surface area contributed by atoms with Gasteiger partial charge in [0, 0.05) is 0 Å². The van der Waals surface area contributed by atoms with E-state index in [0.29, 0.717) is 26.8 Å². The van der Waals surface area contributed by atoms with Gasteiger partial charge >= 0.3 is 0 Å². The third-order valence-electron chi connectivity index (χ3n) is 5.58. The molecule has 0 saturated carbocycles. The average Bonchev–Trinajstić information content (AvgIpc) is 3.45. The van der Waals surface area contributed by atoms with Crippen LogP contribution in [-0.4, -0.2) is 28.3 Å². The number of carbonyl (C=O) groups excluding carboxylic acids is 1. The Kier molecular flexibility index (Phi) is 5.71. The highest BCUT2D eigenvalue weighted by Gasteiger charge is 2.24. The van der Waals surface area contributed by atoms with Gasteiger partial charge in [-0.15, -0.1) is 11.3 Å². The quantitative estimate of drug-likeness (QED) is 0.340. The minimum Gasteiger partial charge on any atom is -0.495 e. The molecule has 1 N–H and O–H groups in total. The van der Waals surface area contributed by atoms with E-state index < -0.39 is 0 Å². The number of hydrogen-bond acceptors (Lipinski definition) is 6. The van der Waals surface area contributed by atoms with Crippen LogP contribution in [0.5, 0.6) is 5.75 Å². The zero-order valence-electron chi connectivity index (χ0n) is 17.4. The third-order valence-corrected chi connectivity index (χ3v) is 7.41. The van der Waals surface area contributed by atoms with Gasteiger partial charge in [-0.05, 0) is 47.5 Å². The van der Waals surface area contributed by atoms with Crippen molar-refractivity contribution in [2.45, 2.75) is 24.0 Å². The highest BCUT2D eigenvalue weighted by Crippen LogP contribution is 2.31. The molecule has 1 aliphatic carbocycles. The third kappa shape index (κ3) is 3.80. The van der Waals surface area contributed by atoms with Crippen molar-refractivity contribution in [2.24, 2.45) is 0 Å². The van der Waals surface area contributed by atoms with Gasteiger partial charge in [-0.2, -0.15) is 0 Å². The van der Waals surface area contributed by atoms with E-state index in [1.54, 1.807) is 17.7 Å². The summed E-state index contributed by atoms with van der Waals surface area (Å²) in [6, 6.07) is 17.4. The zero-order chi connectivity index (χ0) is 22.1. The first kappa shape index (κ1) is 20.8. The molecular weight excluding hydrogens is 442 g/mol. The van der Waals surface area contributed by atoms with Crippen LogP contribution in [0, 0.1) is 0 Å². The number of thiophene rings is 1. The summed E-state index contributed by atoms with van der Waals surface area (Å²) in [6.45, 7) is 0. The lowest BCUT2D eigenvalue weighted by Gasteiger charge is -2.16. The molecule has 0 unspecified atom stereocenters. The van der Waals surface area contributed by atoms with Gasteiger partial charge in [-0.25, -0.2) is 4.98 Å². The number of rotatable bonds is 6. The lowest BCUT2D eigenvalue weighted by Crippen LogP contribution is -2.29. The number of thioether (sulfide) groups is 1. The molecule has 8 heteroatoms. The van der Waals surface area contributed by atoms with E-state index in [1.165, 1.54) is 34.2 Å². The molecule has 2 aromatic heterocycles. The Bertz CT molecular complexity index is 1360. The average molecular weight is 464 g/mol. The first-order valence-corrected chi connectivity index (χ1v) is 12.2. The monoisotopic (exact) mass is 463 g/mol. The highest BCUT2D eigenvalue weighted by molar-refractivity contribution is 7.99. The Morgan fingerprint density at radius 2 is 2.03 bits per heavy atom. The van der Waals surface area contributed by atoms with Crippen LogP contribution in [0.25, 0.3) is 15.9 Å². The number of nitrogens with zero attached hydrogens (tertiary/aromatic N) is 2. The normalized spacial score (nSPS) is 15.0. The summed E-state index contributed by atoms with van der Waals surface area (Å²) < 4.78 is 7.60. The van der Waals surface area contributed by atoms with Crippen LogP contribution in [0.1, 0.15) is 23.6 Å². The van der Waals surface area contributed by atoms with Gasteiger partial charge in [-0.3, -0.25) is 14.2 Å². The SMILES string of the molecule is COc1ccccc1-n1c(SCC(=O)N[C@H]2CCc3ccccc32)nc2ccsc2c1=O. The Balaban J connectivity index is 1.43. The van der Waals surface area contributed by atoms with Crippen molar-refractivity contribution in [1.29, 1.82) is 0 Å². The van der Waals surface area contributed by atoms with Gasteiger partial charge in [-0.1, -0.05) is 48.2 Å². The molecule has 0 spiro atoms. The smallest absolute Gasteiger partial charge is 0.276 e. The van der Waals surface area contributed by atoms with E-state index in [1.807, 2.05) is 41.8 Å². The van der Waals surface area contributed by atoms with Crippen molar-refractivity contribution in [3.05, 3.63) is 81.5 Å². The van der Waals surface area contributed by atoms with Gasteiger partial charge in [0.1, 0.15) is 10.4 Å².